The lowest BCUT2D eigenvalue weighted by atomic mass is 9.97. The van der Waals surface area contributed by atoms with Crippen LogP contribution in [0.4, 0.5) is 5.69 Å². The standard InChI is InChI=1S/C15H16N2O5/c18-13-8-22-12-4-3-9(6-11(12)16-13)14(19)17-5-1-2-10(7-17)15(20)21/h3-4,6,10H,1-2,5,7-8H2,(H,16,18)(H,20,21). The van der Waals surface area contributed by atoms with E-state index in [0.29, 0.717) is 36.4 Å². The third-order valence-corrected chi connectivity index (χ3v) is 3.92. The third kappa shape index (κ3) is 2.74. The van der Waals surface area contributed by atoms with Crippen LogP contribution >= 0.6 is 0 Å². The summed E-state index contributed by atoms with van der Waals surface area (Å²) in [5.74, 6) is -1.35. The normalized spacial score (nSPS) is 20.6. The highest BCUT2D eigenvalue weighted by atomic mass is 16.5. The Morgan fingerprint density at radius 3 is 2.95 bits per heavy atom. The maximum Gasteiger partial charge on any atom is 0.308 e. The van der Waals surface area contributed by atoms with Crippen LogP contribution in [0.5, 0.6) is 5.75 Å². The quantitative estimate of drug-likeness (QED) is 0.848. The van der Waals surface area contributed by atoms with Gasteiger partial charge in [0, 0.05) is 18.7 Å². The molecule has 2 amide bonds. The summed E-state index contributed by atoms with van der Waals surface area (Å²) in [5.41, 5.74) is 0.879. The molecule has 1 saturated heterocycles. The van der Waals surface area contributed by atoms with Gasteiger partial charge in [0.05, 0.1) is 11.6 Å². The molecule has 0 spiro atoms. The van der Waals surface area contributed by atoms with Gasteiger partial charge in [0.15, 0.2) is 6.61 Å². The van der Waals surface area contributed by atoms with Crippen molar-refractivity contribution in [2.45, 2.75) is 12.8 Å². The number of nitrogens with zero attached hydrogens (tertiary/aromatic N) is 1. The first-order valence-corrected chi connectivity index (χ1v) is 7.13. The number of carboxylic acid groups (broad SMARTS) is 1. The second kappa shape index (κ2) is 5.67. The summed E-state index contributed by atoms with van der Waals surface area (Å²) in [7, 11) is 0. The number of ether oxygens (including phenoxy) is 1. The predicted molar refractivity (Wildman–Crippen MR) is 76.8 cm³/mol. The zero-order valence-electron chi connectivity index (χ0n) is 11.9. The van der Waals surface area contributed by atoms with Gasteiger partial charge in [-0.05, 0) is 31.0 Å². The number of piperidine rings is 1. The van der Waals surface area contributed by atoms with E-state index in [1.54, 1.807) is 23.1 Å². The monoisotopic (exact) mass is 304 g/mol. The largest absolute Gasteiger partial charge is 0.482 e. The van der Waals surface area contributed by atoms with Crippen molar-refractivity contribution in [2.24, 2.45) is 5.92 Å². The molecule has 2 aliphatic heterocycles. The van der Waals surface area contributed by atoms with Gasteiger partial charge in [0.1, 0.15) is 5.75 Å². The number of benzene rings is 1. The van der Waals surface area contributed by atoms with Crippen molar-refractivity contribution in [3.8, 4) is 5.75 Å². The molecule has 2 N–H and O–H groups in total. The van der Waals surface area contributed by atoms with Gasteiger partial charge in [0.2, 0.25) is 0 Å². The lowest BCUT2D eigenvalue weighted by Gasteiger charge is -2.31. The summed E-state index contributed by atoms with van der Waals surface area (Å²) in [6.07, 6.45) is 1.26. The van der Waals surface area contributed by atoms with Crippen molar-refractivity contribution in [1.29, 1.82) is 0 Å². The Morgan fingerprint density at radius 1 is 1.36 bits per heavy atom. The van der Waals surface area contributed by atoms with Crippen LogP contribution in [-0.2, 0) is 9.59 Å². The Morgan fingerprint density at radius 2 is 2.18 bits per heavy atom. The number of fused-ring (bicyclic) bond motifs is 1. The highest BCUT2D eigenvalue weighted by Crippen LogP contribution is 2.29. The molecule has 0 bridgehead atoms. The molecule has 1 fully saturated rings. The van der Waals surface area contributed by atoms with Crippen LogP contribution in [0.2, 0.25) is 0 Å². The van der Waals surface area contributed by atoms with Crippen molar-refractivity contribution >= 4 is 23.5 Å². The molecule has 2 heterocycles. The molecule has 1 aromatic carbocycles. The van der Waals surface area contributed by atoms with E-state index in [-0.39, 0.29) is 25.0 Å². The zero-order valence-corrected chi connectivity index (χ0v) is 11.9. The van der Waals surface area contributed by atoms with Crippen molar-refractivity contribution < 1.29 is 24.2 Å². The molecule has 1 atom stereocenters. The van der Waals surface area contributed by atoms with E-state index in [1.807, 2.05) is 0 Å². The Hall–Kier alpha value is -2.57. The molecule has 2 aliphatic rings. The maximum absolute atomic E-state index is 12.5. The predicted octanol–water partition coefficient (Wildman–Crippen LogP) is 0.954. The molecule has 1 unspecified atom stereocenters. The SMILES string of the molecule is O=C1COc2ccc(C(=O)N3CCCC(C(=O)O)C3)cc2N1. The topological polar surface area (TPSA) is 95.9 Å². The number of carboxylic acids is 1. The van der Waals surface area contributed by atoms with Crippen LogP contribution in [0.15, 0.2) is 18.2 Å². The molecule has 0 aromatic heterocycles. The summed E-state index contributed by atoms with van der Waals surface area (Å²) in [6.45, 7) is 0.726. The number of carbonyl (C=O) groups is 3. The zero-order chi connectivity index (χ0) is 15.7. The van der Waals surface area contributed by atoms with Crippen molar-refractivity contribution in [1.82, 2.24) is 4.90 Å². The fourth-order valence-electron chi connectivity index (χ4n) is 2.76. The van der Waals surface area contributed by atoms with E-state index in [9.17, 15) is 14.4 Å². The van der Waals surface area contributed by atoms with Crippen LogP contribution in [0.1, 0.15) is 23.2 Å². The Bertz CT molecular complexity index is 643. The lowest BCUT2D eigenvalue weighted by Crippen LogP contribution is -2.42. The average molecular weight is 304 g/mol. The maximum atomic E-state index is 12.5. The van der Waals surface area contributed by atoms with Gasteiger partial charge in [-0.3, -0.25) is 14.4 Å². The molecular weight excluding hydrogens is 288 g/mol. The minimum Gasteiger partial charge on any atom is -0.482 e. The van der Waals surface area contributed by atoms with Crippen LogP contribution in [0.3, 0.4) is 0 Å². The smallest absolute Gasteiger partial charge is 0.308 e. The van der Waals surface area contributed by atoms with E-state index < -0.39 is 11.9 Å². The number of rotatable bonds is 2. The van der Waals surface area contributed by atoms with Crippen molar-refractivity contribution in [3.63, 3.8) is 0 Å². The van der Waals surface area contributed by atoms with Crippen LogP contribution in [-0.4, -0.2) is 47.5 Å². The third-order valence-electron chi connectivity index (χ3n) is 3.92. The van der Waals surface area contributed by atoms with E-state index in [0.717, 1.165) is 0 Å². The fraction of sp³-hybridized carbons (Fsp3) is 0.400. The number of aliphatic carboxylic acids is 1. The highest BCUT2D eigenvalue weighted by Gasteiger charge is 2.29. The molecule has 22 heavy (non-hydrogen) atoms. The van der Waals surface area contributed by atoms with Gasteiger partial charge in [0.25, 0.3) is 11.8 Å². The number of carbonyl (C=O) groups excluding carboxylic acids is 2. The number of likely N-dealkylation sites (tertiary alicyclic amines) is 1. The highest BCUT2D eigenvalue weighted by molar-refractivity contribution is 6.00. The lowest BCUT2D eigenvalue weighted by molar-refractivity contribution is -0.143. The first-order valence-electron chi connectivity index (χ1n) is 7.13. The number of anilines is 1. The minimum atomic E-state index is -0.872. The molecule has 3 rings (SSSR count). The first kappa shape index (κ1) is 14.4. The molecule has 116 valence electrons. The number of hydrogen-bond donors (Lipinski definition) is 2. The second-order valence-corrected chi connectivity index (χ2v) is 5.48. The minimum absolute atomic E-state index is 0.0350. The summed E-state index contributed by atoms with van der Waals surface area (Å²) in [5, 5.41) is 11.7. The molecule has 7 heteroatoms. The molecule has 0 aliphatic carbocycles. The summed E-state index contributed by atoms with van der Waals surface area (Å²) in [4.78, 5) is 36.5. The molecule has 7 nitrogen and oxygen atoms in total. The Balaban J connectivity index is 1.79. The van der Waals surface area contributed by atoms with Crippen LogP contribution in [0.25, 0.3) is 0 Å². The summed E-state index contributed by atoms with van der Waals surface area (Å²) < 4.78 is 5.25. The first-order chi connectivity index (χ1) is 10.5. The van der Waals surface area contributed by atoms with Gasteiger partial charge in [-0.2, -0.15) is 0 Å². The van der Waals surface area contributed by atoms with Crippen LogP contribution in [0, 0.1) is 5.92 Å². The summed E-state index contributed by atoms with van der Waals surface area (Å²) >= 11 is 0. The molecule has 0 radical (unpaired) electrons. The van der Waals surface area contributed by atoms with Gasteiger partial charge in [-0.1, -0.05) is 0 Å². The fourth-order valence-corrected chi connectivity index (χ4v) is 2.76. The van der Waals surface area contributed by atoms with Gasteiger partial charge in [-0.15, -0.1) is 0 Å². The van der Waals surface area contributed by atoms with E-state index >= 15 is 0 Å². The van der Waals surface area contributed by atoms with Gasteiger partial charge < -0.3 is 20.1 Å². The number of nitrogens with one attached hydrogen (secondary N) is 1. The number of amides is 2. The van der Waals surface area contributed by atoms with Crippen molar-refractivity contribution in [2.75, 3.05) is 25.0 Å². The average Bonchev–Trinajstić information content (AvgIpc) is 2.53. The Kier molecular flexibility index (Phi) is 3.70. The Labute approximate surface area is 126 Å². The summed E-state index contributed by atoms with van der Waals surface area (Å²) in [6, 6.07) is 4.84. The van der Waals surface area contributed by atoms with E-state index in [1.165, 1.54) is 0 Å². The second-order valence-electron chi connectivity index (χ2n) is 5.48. The molecule has 1 aromatic rings. The number of hydrogen-bond acceptors (Lipinski definition) is 4. The van der Waals surface area contributed by atoms with E-state index in [4.69, 9.17) is 9.84 Å². The van der Waals surface area contributed by atoms with E-state index in [2.05, 4.69) is 5.32 Å². The van der Waals surface area contributed by atoms with Crippen molar-refractivity contribution in [3.05, 3.63) is 23.8 Å². The molecular formula is C15H16N2O5. The molecule has 0 saturated carbocycles. The van der Waals surface area contributed by atoms with Gasteiger partial charge in [-0.25, -0.2) is 0 Å². The van der Waals surface area contributed by atoms with Gasteiger partial charge >= 0.3 is 5.97 Å². The van der Waals surface area contributed by atoms with Crippen LogP contribution < -0.4 is 10.1 Å².